The second kappa shape index (κ2) is 5.26. The number of halogens is 1. The largest absolute Gasteiger partial charge is 0.397 e. The maximum Gasteiger partial charge on any atom is 0.160 e. The van der Waals surface area contributed by atoms with Crippen molar-refractivity contribution in [2.75, 3.05) is 17.7 Å². The maximum atomic E-state index is 5.94. The van der Waals surface area contributed by atoms with Gasteiger partial charge in [0.1, 0.15) is 0 Å². The Morgan fingerprint density at radius 3 is 2.48 bits per heavy atom. The van der Waals surface area contributed by atoms with Gasteiger partial charge in [-0.05, 0) is 47.1 Å². The van der Waals surface area contributed by atoms with Crippen molar-refractivity contribution in [3.8, 4) is 0 Å². The predicted molar refractivity (Wildman–Crippen MR) is 84.5 cm³/mol. The van der Waals surface area contributed by atoms with Crippen LogP contribution in [0, 0.1) is 0 Å². The second-order valence-electron chi connectivity index (χ2n) is 4.97. The van der Waals surface area contributed by atoms with Crippen LogP contribution in [0.25, 0.3) is 11.0 Å². The zero-order chi connectivity index (χ0) is 15.0. The lowest BCUT2D eigenvalue weighted by atomic mass is 10.1. The summed E-state index contributed by atoms with van der Waals surface area (Å²) in [5.74, 6) is 0. The van der Waals surface area contributed by atoms with Crippen LogP contribution in [0.15, 0.2) is 41.0 Å². The molecule has 6 heteroatoms. The van der Waals surface area contributed by atoms with Gasteiger partial charge in [-0.1, -0.05) is 23.7 Å². The van der Waals surface area contributed by atoms with Crippen LogP contribution in [-0.4, -0.2) is 17.4 Å². The van der Waals surface area contributed by atoms with Gasteiger partial charge >= 0.3 is 0 Å². The molecule has 1 heterocycles. The number of hydrogen-bond donors (Lipinski definition) is 1. The third-order valence-corrected chi connectivity index (χ3v) is 3.99. The zero-order valence-corrected chi connectivity index (χ0v) is 12.5. The maximum absolute atomic E-state index is 5.94. The fourth-order valence-electron chi connectivity index (χ4n) is 2.33. The molecule has 0 spiro atoms. The first-order valence-electron chi connectivity index (χ1n) is 6.57. The minimum absolute atomic E-state index is 0.144. The van der Waals surface area contributed by atoms with Crippen LogP contribution >= 0.6 is 11.6 Å². The Morgan fingerprint density at radius 1 is 1.10 bits per heavy atom. The number of rotatable bonds is 3. The van der Waals surface area contributed by atoms with Gasteiger partial charge in [-0.2, -0.15) is 0 Å². The SMILES string of the molecule is CC(c1ccc(Cl)cc1)N(C)c1ccc(N)c2nonc12. The summed E-state index contributed by atoms with van der Waals surface area (Å²) in [5, 5.41) is 8.54. The Balaban J connectivity index is 2.00. The quantitative estimate of drug-likeness (QED) is 0.748. The molecule has 0 amide bonds. The molecule has 0 aliphatic heterocycles. The number of nitrogens with two attached hydrogens (primary N) is 1. The van der Waals surface area contributed by atoms with Gasteiger partial charge in [-0.25, -0.2) is 4.63 Å². The molecule has 0 bridgehead atoms. The molecule has 1 unspecified atom stereocenters. The number of nitrogens with zero attached hydrogens (tertiary/aromatic N) is 3. The Kier molecular flexibility index (Phi) is 3.43. The van der Waals surface area contributed by atoms with E-state index in [1.807, 2.05) is 43.4 Å². The fraction of sp³-hybridized carbons (Fsp3) is 0.200. The van der Waals surface area contributed by atoms with Gasteiger partial charge in [0.15, 0.2) is 11.0 Å². The zero-order valence-electron chi connectivity index (χ0n) is 11.7. The molecule has 1 aromatic heterocycles. The highest BCUT2D eigenvalue weighted by molar-refractivity contribution is 6.30. The molecule has 3 rings (SSSR count). The number of aromatic nitrogens is 2. The van der Waals surface area contributed by atoms with Crippen molar-refractivity contribution in [1.82, 2.24) is 10.3 Å². The first-order valence-corrected chi connectivity index (χ1v) is 6.95. The van der Waals surface area contributed by atoms with Crippen LogP contribution in [0.3, 0.4) is 0 Å². The van der Waals surface area contributed by atoms with Crippen LogP contribution in [-0.2, 0) is 0 Å². The van der Waals surface area contributed by atoms with E-state index in [2.05, 4.69) is 22.1 Å². The molecule has 0 saturated heterocycles. The van der Waals surface area contributed by atoms with Gasteiger partial charge in [-0.15, -0.1) is 0 Å². The third kappa shape index (κ3) is 2.40. The minimum Gasteiger partial charge on any atom is -0.397 e. The summed E-state index contributed by atoms with van der Waals surface area (Å²) >= 11 is 5.94. The first kappa shape index (κ1) is 13.7. The summed E-state index contributed by atoms with van der Waals surface area (Å²) in [6.07, 6.45) is 0. The topological polar surface area (TPSA) is 68.2 Å². The van der Waals surface area contributed by atoms with E-state index < -0.39 is 0 Å². The average Bonchev–Trinajstić information content (AvgIpc) is 2.97. The van der Waals surface area contributed by atoms with Crippen LogP contribution in [0.4, 0.5) is 11.4 Å². The number of nitrogen functional groups attached to an aromatic ring is 1. The lowest BCUT2D eigenvalue weighted by Crippen LogP contribution is -2.21. The van der Waals surface area contributed by atoms with E-state index in [1.54, 1.807) is 0 Å². The Bertz CT molecular complexity index is 769. The summed E-state index contributed by atoms with van der Waals surface area (Å²) in [5.41, 5.74) is 9.76. The first-order chi connectivity index (χ1) is 10.1. The highest BCUT2D eigenvalue weighted by Crippen LogP contribution is 2.32. The van der Waals surface area contributed by atoms with Crippen molar-refractivity contribution in [2.45, 2.75) is 13.0 Å². The lowest BCUT2D eigenvalue weighted by molar-refractivity contribution is 0.315. The van der Waals surface area contributed by atoms with E-state index in [9.17, 15) is 0 Å². The molecule has 2 aromatic carbocycles. The van der Waals surface area contributed by atoms with E-state index in [1.165, 1.54) is 0 Å². The Labute approximate surface area is 127 Å². The molecule has 0 saturated carbocycles. The molecule has 21 heavy (non-hydrogen) atoms. The molecule has 0 fully saturated rings. The molecule has 0 aliphatic rings. The summed E-state index contributed by atoms with van der Waals surface area (Å²) < 4.78 is 4.81. The molecular weight excluding hydrogens is 288 g/mol. The smallest absolute Gasteiger partial charge is 0.160 e. The van der Waals surface area contributed by atoms with Crippen LogP contribution in [0.5, 0.6) is 0 Å². The average molecular weight is 303 g/mol. The lowest BCUT2D eigenvalue weighted by Gasteiger charge is -2.27. The van der Waals surface area contributed by atoms with Gasteiger partial charge < -0.3 is 10.6 Å². The fourth-order valence-corrected chi connectivity index (χ4v) is 2.46. The second-order valence-corrected chi connectivity index (χ2v) is 5.41. The standard InChI is InChI=1S/C15H15ClN4O/c1-9(10-3-5-11(16)6-4-10)20(2)13-8-7-12(17)14-15(13)19-21-18-14/h3-9H,17H2,1-2H3. The van der Waals surface area contributed by atoms with Crippen molar-refractivity contribution in [3.05, 3.63) is 47.0 Å². The molecule has 0 radical (unpaired) electrons. The normalized spacial score (nSPS) is 12.5. The molecule has 2 N–H and O–H groups in total. The van der Waals surface area contributed by atoms with Crippen LogP contribution < -0.4 is 10.6 Å². The van der Waals surface area contributed by atoms with Crippen molar-refractivity contribution < 1.29 is 4.63 Å². The molecule has 0 aliphatic carbocycles. The summed E-state index contributed by atoms with van der Waals surface area (Å²) in [4.78, 5) is 2.11. The highest BCUT2D eigenvalue weighted by Gasteiger charge is 2.18. The number of fused-ring (bicyclic) bond motifs is 1. The Morgan fingerprint density at radius 2 is 1.76 bits per heavy atom. The third-order valence-electron chi connectivity index (χ3n) is 3.74. The molecule has 5 nitrogen and oxygen atoms in total. The van der Waals surface area contributed by atoms with Gasteiger partial charge in [0.25, 0.3) is 0 Å². The molecule has 1 atom stereocenters. The van der Waals surface area contributed by atoms with Crippen LogP contribution in [0.1, 0.15) is 18.5 Å². The van der Waals surface area contributed by atoms with E-state index in [4.69, 9.17) is 22.0 Å². The summed E-state index contributed by atoms with van der Waals surface area (Å²) in [6, 6.07) is 11.7. The van der Waals surface area contributed by atoms with Gasteiger partial charge in [0.05, 0.1) is 17.4 Å². The predicted octanol–water partition coefficient (Wildman–Crippen LogP) is 3.66. The van der Waals surface area contributed by atoms with Crippen molar-refractivity contribution in [2.24, 2.45) is 0 Å². The highest BCUT2D eigenvalue weighted by atomic mass is 35.5. The van der Waals surface area contributed by atoms with Gasteiger partial charge in [0, 0.05) is 12.1 Å². The van der Waals surface area contributed by atoms with Crippen LogP contribution in [0.2, 0.25) is 5.02 Å². The molecular formula is C15H15ClN4O. The van der Waals surface area contributed by atoms with E-state index in [-0.39, 0.29) is 6.04 Å². The van der Waals surface area contributed by atoms with Crippen molar-refractivity contribution in [3.63, 3.8) is 0 Å². The Hall–Kier alpha value is -2.27. The summed E-state index contributed by atoms with van der Waals surface area (Å²) in [6.45, 7) is 2.11. The molecule has 3 aromatic rings. The number of benzene rings is 2. The van der Waals surface area contributed by atoms with Crippen molar-refractivity contribution in [1.29, 1.82) is 0 Å². The van der Waals surface area contributed by atoms with E-state index in [0.29, 0.717) is 16.7 Å². The van der Waals surface area contributed by atoms with E-state index in [0.717, 1.165) is 16.3 Å². The monoisotopic (exact) mass is 302 g/mol. The van der Waals surface area contributed by atoms with Gasteiger partial charge in [0.2, 0.25) is 0 Å². The van der Waals surface area contributed by atoms with E-state index >= 15 is 0 Å². The number of hydrogen-bond acceptors (Lipinski definition) is 5. The van der Waals surface area contributed by atoms with Crippen molar-refractivity contribution >= 4 is 34.0 Å². The minimum atomic E-state index is 0.144. The summed E-state index contributed by atoms with van der Waals surface area (Å²) in [7, 11) is 2.00. The number of anilines is 2. The molecule has 108 valence electrons. The van der Waals surface area contributed by atoms with Gasteiger partial charge in [-0.3, -0.25) is 0 Å².